The molecule has 0 amide bonds. The molecule has 1 aliphatic heterocycles. The van der Waals surface area contributed by atoms with Gasteiger partial charge in [-0.1, -0.05) is 13.8 Å². The van der Waals surface area contributed by atoms with Crippen LogP contribution in [0, 0.1) is 12.3 Å². The standard InChI is InChI=1S/C25H37N3O5/c1-9-32-22(29)17-15-28-18(26-17)14-16(2)19(20(23(30)31-8)33-24(3,4)5)21(28)27-12-10-25(6,7)11-13-27/h14-15,20H,9-13H2,1-8H3/t20-/m0/s1. The van der Waals surface area contributed by atoms with Crippen molar-refractivity contribution in [3.05, 3.63) is 29.1 Å². The minimum atomic E-state index is -0.919. The van der Waals surface area contributed by atoms with E-state index >= 15 is 0 Å². The van der Waals surface area contributed by atoms with Crippen molar-refractivity contribution in [2.45, 2.75) is 73.0 Å². The van der Waals surface area contributed by atoms with Crippen LogP contribution < -0.4 is 4.90 Å². The highest BCUT2D eigenvalue weighted by atomic mass is 16.6. The van der Waals surface area contributed by atoms with E-state index in [4.69, 9.17) is 14.2 Å². The van der Waals surface area contributed by atoms with Gasteiger partial charge < -0.3 is 19.1 Å². The zero-order valence-electron chi connectivity index (χ0n) is 21.2. The molecule has 1 atom stereocenters. The van der Waals surface area contributed by atoms with Gasteiger partial charge in [-0.05, 0) is 64.5 Å². The Morgan fingerprint density at radius 1 is 1.21 bits per heavy atom. The Labute approximate surface area is 196 Å². The summed E-state index contributed by atoms with van der Waals surface area (Å²) in [6, 6.07) is 1.87. The van der Waals surface area contributed by atoms with Crippen molar-refractivity contribution < 1.29 is 23.8 Å². The fraction of sp³-hybridized carbons (Fsp3) is 0.640. The van der Waals surface area contributed by atoms with E-state index in [1.165, 1.54) is 7.11 Å². The molecule has 182 valence electrons. The first-order chi connectivity index (χ1) is 15.4. The molecule has 0 saturated carbocycles. The van der Waals surface area contributed by atoms with Crippen LogP contribution in [-0.2, 0) is 19.0 Å². The van der Waals surface area contributed by atoms with Gasteiger partial charge in [0.25, 0.3) is 0 Å². The number of rotatable bonds is 6. The molecule has 0 N–H and O–H groups in total. The second-order valence-corrected chi connectivity index (χ2v) is 10.4. The van der Waals surface area contributed by atoms with Gasteiger partial charge in [0, 0.05) is 24.8 Å². The molecule has 3 rings (SSSR count). The smallest absolute Gasteiger partial charge is 0.358 e. The average molecular weight is 460 g/mol. The number of pyridine rings is 1. The molecule has 3 heterocycles. The van der Waals surface area contributed by atoms with Gasteiger partial charge >= 0.3 is 11.9 Å². The first-order valence-corrected chi connectivity index (χ1v) is 11.6. The molecule has 0 aromatic carbocycles. The van der Waals surface area contributed by atoms with Crippen LogP contribution in [0.3, 0.4) is 0 Å². The fourth-order valence-electron chi connectivity index (χ4n) is 4.20. The van der Waals surface area contributed by atoms with Gasteiger partial charge in [0.15, 0.2) is 11.8 Å². The number of esters is 2. The molecule has 33 heavy (non-hydrogen) atoms. The molecule has 8 heteroatoms. The molecule has 2 aromatic heterocycles. The largest absolute Gasteiger partial charge is 0.467 e. The van der Waals surface area contributed by atoms with Gasteiger partial charge in [-0.2, -0.15) is 0 Å². The van der Waals surface area contributed by atoms with E-state index in [-0.39, 0.29) is 17.7 Å². The van der Waals surface area contributed by atoms with Gasteiger partial charge in [-0.15, -0.1) is 0 Å². The average Bonchev–Trinajstić information content (AvgIpc) is 3.14. The molecule has 1 aliphatic rings. The van der Waals surface area contributed by atoms with E-state index in [0.29, 0.717) is 5.65 Å². The Hall–Kier alpha value is -2.61. The number of aromatic nitrogens is 2. The molecule has 0 aliphatic carbocycles. The summed E-state index contributed by atoms with van der Waals surface area (Å²) in [5.41, 5.74) is 2.11. The Morgan fingerprint density at radius 3 is 2.39 bits per heavy atom. The highest BCUT2D eigenvalue weighted by Crippen LogP contribution is 2.39. The number of aryl methyl sites for hydroxylation is 1. The molecule has 0 radical (unpaired) electrons. The number of carbonyl (C=O) groups excluding carboxylic acids is 2. The first-order valence-electron chi connectivity index (χ1n) is 11.6. The van der Waals surface area contributed by atoms with Crippen LogP contribution in [0.25, 0.3) is 5.65 Å². The fourth-order valence-corrected chi connectivity index (χ4v) is 4.20. The third kappa shape index (κ3) is 5.49. The van der Waals surface area contributed by atoms with Crippen LogP contribution in [0.4, 0.5) is 5.82 Å². The Balaban J connectivity index is 2.25. The summed E-state index contributed by atoms with van der Waals surface area (Å²) in [5, 5.41) is 0. The second kappa shape index (κ2) is 9.33. The highest BCUT2D eigenvalue weighted by molar-refractivity contribution is 5.88. The maximum Gasteiger partial charge on any atom is 0.358 e. The summed E-state index contributed by atoms with van der Waals surface area (Å²) in [4.78, 5) is 32.2. The lowest BCUT2D eigenvalue weighted by Crippen LogP contribution is -2.40. The number of carbonyl (C=O) groups is 2. The van der Waals surface area contributed by atoms with E-state index < -0.39 is 23.6 Å². The number of nitrogens with zero attached hydrogens (tertiary/aromatic N) is 3. The molecule has 0 bridgehead atoms. The lowest BCUT2D eigenvalue weighted by atomic mass is 9.82. The number of anilines is 1. The van der Waals surface area contributed by atoms with Crippen molar-refractivity contribution in [3.8, 4) is 0 Å². The summed E-state index contributed by atoms with van der Waals surface area (Å²) in [7, 11) is 1.37. The molecular formula is C25H37N3O5. The van der Waals surface area contributed by atoms with E-state index in [1.807, 2.05) is 38.2 Å². The summed E-state index contributed by atoms with van der Waals surface area (Å²) < 4.78 is 18.5. The predicted molar refractivity (Wildman–Crippen MR) is 127 cm³/mol. The number of ether oxygens (including phenoxy) is 3. The third-order valence-corrected chi connectivity index (χ3v) is 6.02. The molecule has 1 fully saturated rings. The maximum absolute atomic E-state index is 13.0. The minimum Gasteiger partial charge on any atom is -0.467 e. The van der Waals surface area contributed by atoms with Crippen LogP contribution in [0.1, 0.15) is 82.1 Å². The third-order valence-electron chi connectivity index (χ3n) is 6.02. The number of imidazole rings is 1. The van der Waals surface area contributed by atoms with E-state index in [2.05, 4.69) is 23.7 Å². The van der Waals surface area contributed by atoms with Crippen LogP contribution in [-0.4, -0.2) is 53.7 Å². The zero-order chi connectivity index (χ0) is 24.6. The molecule has 1 saturated heterocycles. The SMILES string of the molecule is CCOC(=O)c1cn2c(N3CCC(C)(C)CC3)c([C@H](OC(C)(C)C)C(=O)OC)c(C)cc2n1. The van der Waals surface area contributed by atoms with Gasteiger partial charge in [-0.25, -0.2) is 14.6 Å². The van der Waals surface area contributed by atoms with Crippen LogP contribution in [0.5, 0.6) is 0 Å². The van der Waals surface area contributed by atoms with E-state index in [9.17, 15) is 9.59 Å². The Bertz CT molecular complexity index is 1020. The van der Waals surface area contributed by atoms with Crippen molar-refractivity contribution >= 4 is 23.4 Å². The van der Waals surface area contributed by atoms with E-state index in [1.54, 1.807) is 13.1 Å². The van der Waals surface area contributed by atoms with Gasteiger partial charge in [-0.3, -0.25) is 4.40 Å². The van der Waals surface area contributed by atoms with Crippen molar-refractivity contribution in [2.75, 3.05) is 31.7 Å². The van der Waals surface area contributed by atoms with Crippen molar-refractivity contribution in [3.63, 3.8) is 0 Å². The molecule has 2 aromatic rings. The van der Waals surface area contributed by atoms with Gasteiger partial charge in [0.2, 0.25) is 0 Å². The van der Waals surface area contributed by atoms with Crippen LogP contribution in [0.15, 0.2) is 12.3 Å². The first kappa shape index (κ1) is 25.0. The lowest BCUT2D eigenvalue weighted by molar-refractivity contribution is -0.164. The number of fused-ring (bicyclic) bond motifs is 1. The Morgan fingerprint density at radius 2 is 1.85 bits per heavy atom. The zero-order valence-corrected chi connectivity index (χ0v) is 21.2. The second-order valence-electron chi connectivity index (χ2n) is 10.4. The number of hydrogen-bond acceptors (Lipinski definition) is 7. The molecule has 0 spiro atoms. The molecule has 0 unspecified atom stereocenters. The van der Waals surface area contributed by atoms with Crippen molar-refractivity contribution in [2.24, 2.45) is 5.41 Å². The van der Waals surface area contributed by atoms with Gasteiger partial charge in [0.05, 0.1) is 19.3 Å². The van der Waals surface area contributed by atoms with Crippen LogP contribution >= 0.6 is 0 Å². The number of piperidine rings is 1. The topological polar surface area (TPSA) is 82.4 Å². The maximum atomic E-state index is 13.0. The Kier molecular flexibility index (Phi) is 7.07. The normalized spacial score (nSPS) is 17.2. The highest BCUT2D eigenvalue weighted by Gasteiger charge is 2.36. The molecular weight excluding hydrogens is 422 g/mol. The predicted octanol–water partition coefficient (Wildman–Crippen LogP) is 4.48. The quantitative estimate of drug-likeness (QED) is 0.589. The lowest BCUT2D eigenvalue weighted by Gasteiger charge is -2.40. The van der Waals surface area contributed by atoms with E-state index in [0.717, 1.165) is 42.9 Å². The minimum absolute atomic E-state index is 0.235. The molecule has 8 nitrogen and oxygen atoms in total. The van der Waals surface area contributed by atoms with Gasteiger partial charge in [0.1, 0.15) is 11.5 Å². The van der Waals surface area contributed by atoms with Crippen molar-refractivity contribution in [1.82, 2.24) is 9.38 Å². The number of methoxy groups -OCH3 is 1. The summed E-state index contributed by atoms with van der Waals surface area (Å²) in [5.74, 6) is -0.124. The monoisotopic (exact) mass is 459 g/mol. The summed E-state index contributed by atoms with van der Waals surface area (Å²) in [6.45, 7) is 15.9. The number of hydrogen-bond donors (Lipinski definition) is 0. The van der Waals surface area contributed by atoms with Crippen LogP contribution in [0.2, 0.25) is 0 Å². The van der Waals surface area contributed by atoms with Crippen molar-refractivity contribution in [1.29, 1.82) is 0 Å². The summed E-state index contributed by atoms with van der Waals surface area (Å²) >= 11 is 0. The summed E-state index contributed by atoms with van der Waals surface area (Å²) in [6.07, 6.45) is 2.78.